The predicted octanol–water partition coefficient (Wildman–Crippen LogP) is 5.79. The number of hydrogen-bond acceptors (Lipinski definition) is 4. The van der Waals surface area contributed by atoms with Crippen LogP contribution in [0.2, 0.25) is 0 Å². The summed E-state index contributed by atoms with van der Waals surface area (Å²) < 4.78 is 5.90. The molecule has 1 spiro atoms. The molecule has 7 heteroatoms. The summed E-state index contributed by atoms with van der Waals surface area (Å²) in [5, 5.41) is 0.434. The SMILES string of the molecule is [C-]#[N+]c1ncc(N2C(=O)C3(CCC3)N(c3ccc(Oc4ccccc4)cc3)C2=S)cc1C. The number of para-hydroxylation sites is 1. The summed E-state index contributed by atoms with van der Waals surface area (Å²) >= 11 is 5.81. The Labute approximate surface area is 191 Å². The first-order valence-electron chi connectivity index (χ1n) is 10.4. The fourth-order valence-electron chi connectivity index (χ4n) is 4.29. The van der Waals surface area contributed by atoms with Crippen molar-refractivity contribution >= 4 is 40.4 Å². The molecule has 1 saturated carbocycles. The number of anilines is 2. The van der Waals surface area contributed by atoms with Crippen molar-refractivity contribution in [2.24, 2.45) is 0 Å². The van der Waals surface area contributed by atoms with E-state index in [4.69, 9.17) is 23.5 Å². The van der Waals surface area contributed by atoms with Crippen LogP contribution in [0.5, 0.6) is 11.5 Å². The van der Waals surface area contributed by atoms with E-state index in [1.807, 2.05) is 66.4 Å². The van der Waals surface area contributed by atoms with Crippen molar-refractivity contribution in [2.75, 3.05) is 9.80 Å². The molecule has 158 valence electrons. The van der Waals surface area contributed by atoms with Gasteiger partial charge in [0.15, 0.2) is 5.11 Å². The first-order chi connectivity index (χ1) is 15.5. The molecule has 1 aromatic heterocycles. The highest BCUT2D eigenvalue weighted by Gasteiger charge is 2.59. The Morgan fingerprint density at radius 3 is 2.34 bits per heavy atom. The molecule has 2 aliphatic rings. The molecule has 0 radical (unpaired) electrons. The number of aromatic nitrogens is 1. The van der Waals surface area contributed by atoms with E-state index in [0.717, 1.165) is 36.3 Å². The van der Waals surface area contributed by atoms with Gasteiger partial charge in [-0.25, -0.2) is 0 Å². The van der Waals surface area contributed by atoms with Crippen LogP contribution in [0.15, 0.2) is 66.9 Å². The molecule has 2 aromatic carbocycles. The number of pyridine rings is 1. The molecule has 3 aromatic rings. The number of ether oxygens (including phenoxy) is 1. The first-order valence-corrected chi connectivity index (χ1v) is 10.8. The van der Waals surface area contributed by atoms with Crippen LogP contribution in [-0.4, -0.2) is 21.5 Å². The Hall–Kier alpha value is -3.76. The van der Waals surface area contributed by atoms with Crippen molar-refractivity contribution in [3.05, 3.63) is 83.8 Å². The molecule has 0 N–H and O–H groups in total. The van der Waals surface area contributed by atoms with Gasteiger partial charge in [0.25, 0.3) is 11.7 Å². The van der Waals surface area contributed by atoms with Gasteiger partial charge in [-0.2, -0.15) is 0 Å². The third-order valence-electron chi connectivity index (χ3n) is 6.07. The number of benzene rings is 2. The van der Waals surface area contributed by atoms with E-state index >= 15 is 0 Å². The Balaban J connectivity index is 1.47. The molecular formula is C25H20N4O2S. The van der Waals surface area contributed by atoms with Crippen LogP contribution in [0.1, 0.15) is 24.8 Å². The second kappa shape index (κ2) is 7.74. The molecule has 0 unspecified atom stereocenters. The van der Waals surface area contributed by atoms with Crippen LogP contribution in [0.3, 0.4) is 0 Å². The number of carbonyl (C=O) groups is 1. The van der Waals surface area contributed by atoms with Crippen molar-refractivity contribution in [3.63, 3.8) is 0 Å². The number of aryl methyl sites for hydroxylation is 1. The smallest absolute Gasteiger partial charge is 0.272 e. The van der Waals surface area contributed by atoms with Crippen molar-refractivity contribution in [2.45, 2.75) is 31.7 Å². The van der Waals surface area contributed by atoms with E-state index in [2.05, 4.69) is 9.83 Å². The summed E-state index contributed by atoms with van der Waals surface area (Å²) in [5.74, 6) is 1.77. The number of rotatable bonds is 4. The summed E-state index contributed by atoms with van der Waals surface area (Å²) in [7, 11) is 0. The topological polar surface area (TPSA) is 50.0 Å². The molecule has 32 heavy (non-hydrogen) atoms. The van der Waals surface area contributed by atoms with Gasteiger partial charge in [-0.1, -0.05) is 24.8 Å². The number of carbonyl (C=O) groups excluding carboxylic acids is 1. The van der Waals surface area contributed by atoms with Crippen LogP contribution >= 0.6 is 12.2 Å². The maximum absolute atomic E-state index is 13.6. The molecule has 6 nitrogen and oxygen atoms in total. The zero-order valence-corrected chi connectivity index (χ0v) is 18.3. The molecule has 1 aliphatic heterocycles. The van der Waals surface area contributed by atoms with E-state index < -0.39 is 5.54 Å². The van der Waals surface area contributed by atoms with Crippen LogP contribution in [0, 0.1) is 13.5 Å². The van der Waals surface area contributed by atoms with Gasteiger partial charge < -0.3 is 14.5 Å². The lowest BCUT2D eigenvalue weighted by Gasteiger charge is -2.43. The van der Waals surface area contributed by atoms with Gasteiger partial charge in [0.05, 0.1) is 5.69 Å². The van der Waals surface area contributed by atoms with E-state index in [-0.39, 0.29) is 5.91 Å². The Bertz CT molecular complexity index is 1250. The monoisotopic (exact) mass is 440 g/mol. The minimum absolute atomic E-state index is 0.0323. The normalized spacial score (nSPS) is 16.8. The van der Waals surface area contributed by atoms with Gasteiger partial charge >= 0.3 is 0 Å². The summed E-state index contributed by atoms with van der Waals surface area (Å²) in [4.78, 5) is 24.7. The zero-order valence-electron chi connectivity index (χ0n) is 17.5. The van der Waals surface area contributed by atoms with Crippen LogP contribution in [0.25, 0.3) is 4.85 Å². The molecule has 1 amide bonds. The van der Waals surface area contributed by atoms with E-state index in [9.17, 15) is 4.79 Å². The average Bonchev–Trinajstić information content (AvgIpc) is 3.02. The van der Waals surface area contributed by atoms with E-state index in [0.29, 0.717) is 22.4 Å². The third-order valence-corrected chi connectivity index (χ3v) is 6.43. The standard InChI is InChI=1S/C25H20N4O2S/c1-17-15-19(16-27-22(17)26-2)28-23(30)25(13-6-14-25)29(24(28)32)18-9-11-21(12-10-18)31-20-7-4-3-5-8-20/h3-5,7-12,15-16H,6,13-14H2,1H3. The van der Waals surface area contributed by atoms with Crippen molar-refractivity contribution in [3.8, 4) is 11.5 Å². The molecule has 2 heterocycles. The lowest BCUT2D eigenvalue weighted by molar-refractivity contribution is -0.123. The van der Waals surface area contributed by atoms with Gasteiger partial charge in [-0.3, -0.25) is 9.69 Å². The quantitative estimate of drug-likeness (QED) is 0.379. The maximum Gasteiger partial charge on any atom is 0.272 e. The second-order valence-corrected chi connectivity index (χ2v) is 8.36. The summed E-state index contributed by atoms with van der Waals surface area (Å²) in [6.07, 6.45) is 4.02. The summed E-state index contributed by atoms with van der Waals surface area (Å²) in [6, 6.07) is 19.1. The van der Waals surface area contributed by atoms with Crippen LogP contribution in [0.4, 0.5) is 17.2 Å². The zero-order chi connectivity index (χ0) is 22.3. The highest BCUT2D eigenvalue weighted by Crippen LogP contribution is 2.48. The molecule has 0 atom stereocenters. The molecule has 5 rings (SSSR count). The van der Waals surface area contributed by atoms with Gasteiger partial charge in [0.1, 0.15) is 23.2 Å². The molecule has 0 bridgehead atoms. The highest BCUT2D eigenvalue weighted by molar-refractivity contribution is 7.81. The fraction of sp³-hybridized carbons (Fsp3) is 0.200. The maximum atomic E-state index is 13.6. The van der Waals surface area contributed by atoms with Crippen LogP contribution in [-0.2, 0) is 4.79 Å². The number of amides is 1. The molecule has 2 fully saturated rings. The average molecular weight is 441 g/mol. The third kappa shape index (κ3) is 3.12. The Morgan fingerprint density at radius 1 is 1.06 bits per heavy atom. The van der Waals surface area contributed by atoms with E-state index in [1.54, 1.807) is 17.2 Å². The number of thiocarbonyl (C=S) groups is 1. The van der Waals surface area contributed by atoms with Crippen molar-refractivity contribution < 1.29 is 9.53 Å². The van der Waals surface area contributed by atoms with Crippen LogP contribution < -0.4 is 14.5 Å². The van der Waals surface area contributed by atoms with Gasteiger partial charge in [-0.15, -0.1) is 4.98 Å². The molecule has 1 saturated heterocycles. The molecular weight excluding hydrogens is 420 g/mol. The Kier molecular flexibility index (Phi) is 4.87. The largest absolute Gasteiger partial charge is 0.457 e. The number of nitrogens with zero attached hydrogens (tertiary/aromatic N) is 4. The van der Waals surface area contributed by atoms with Gasteiger partial charge in [0.2, 0.25) is 0 Å². The lowest BCUT2D eigenvalue weighted by Crippen LogP contribution is -2.55. The first kappa shape index (κ1) is 20.2. The summed E-state index contributed by atoms with van der Waals surface area (Å²) in [6.45, 7) is 9.03. The lowest BCUT2D eigenvalue weighted by atomic mass is 9.75. The number of hydrogen-bond donors (Lipinski definition) is 0. The fourth-order valence-corrected chi connectivity index (χ4v) is 4.76. The Morgan fingerprint density at radius 2 is 1.75 bits per heavy atom. The van der Waals surface area contributed by atoms with E-state index in [1.165, 1.54) is 0 Å². The van der Waals surface area contributed by atoms with Crippen molar-refractivity contribution in [1.29, 1.82) is 0 Å². The predicted molar refractivity (Wildman–Crippen MR) is 127 cm³/mol. The van der Waals surface area contributed by atoms with Gasteiger partial charge in [-0.05, 0) is 86.4 Å². The minimum atomic E-state index is -0.661. The minimum Gasteiger partial charge on any atom is -0.457 e. The highest BCUT2D eigenvalue weighted by atomic mass is 32.1. The van der Waals surface area contributed by atoms with Crippen molar-refractivity contribution in [1.82, 2.24) is 4.98 Å². The summed E-state index contributed by atoms with van der Waals surface area (Å²) in [5.41, 5.74) is 1.51. The second-order valence-electron chi connectivity index (χ2n) is 8.00. The molecule has 1 aliphatic carbocycles. The van der Waals surface area contributed by atoms with Gasteiger partial charge in [0, 0.05) is 5.69 Å².